The number of hydrogen-bond donors (Lipinski definition) is 3. The van der Waals surface area contributed by atoms with Crippen molar-refractivity contribution in [1.29, 1.82) is 0 Å². The lowest BCUT2D eigenvalue weighted by Crippen LogP contribution is -2.34. The van der Waals surface area contributed by atoms with E-state index >= 15 is 0 Å². The lowest BCUT2D eigenvalue weighted by molar-refractivity contribution is -0.148. The van der Waals surface area contributed by atoms with Gasteiger partial charge in [-0.3, -0.25) is 24.4 Å². The zero-order chi connectivity index (χ0) is 41.9. The highest BCUT2D eigenvalue weighted by Gasteiger charge is 2.57. The fourth-order valence-electron chi connectivity index (χ4n) is 10.3. The van der Waals surface area contributed by atoms with Crippen LogP contribution < -0.4 is 10.6 Å². The molecule has 5 aromatic rings. The van der Waals surface area contributed by atoms with Crippen molar-refractivity contribution >= 4 is 51.7 Å². The van der Waals surface area contributed by atoms with Gasteiger partial charge in [0.25, 0.3) is 12.3 Å². The standard InChI is InChI=1S/C45H50ClF2N9O3/c1-26-7-6-18-57(26)23-28-21-33-37(49-22-28)39(54-40(51-33)38(47)48)50-31-10-4-8-29(27(31)2)30-9-5-11-32(36(30)46)53-42(58)41-52-34-24-56(19-12-35(34)55(41)3)20-17-44-13-15-45(25-44,16-14-44)43(59)60/h4-5,8-11,21-22,26,38H,6-7,12-20,23-25H2,1-3H3,(H,53,58)(H,59,60)(H,50,51,54)/t26-,44?,45?/m1/s1. The fraction of sp³-hybridized carbons (Fsp3) is 0.467. The summed E-state index contributed by atoms with van der Waals surface area (Å²) in [5.74, 6) is -1.10. The highest BCUT2D eigenvalue weighted by molar-refractivity contribution is 6.36. The Bertz CT molecular complexity index is 2500. The third-order valence-electron chi connectivity index (χ3n) is 13.9. The zero-order valence-electron chi connectivity index (χ0n) is 34.2. The van der Waals surface area contributed by atoms with Crippen LogP contribution in [0.1, 0.15) is 104 Å². The van der Waals surface area contributed by atoms with Crippen LogP contribution in [0.25, 0.3) is 22.2 Å². The van der Waals surface area contributed by atoms with Crippen LogP contribution in [-0.4, -0.2) is 77.0 Å². The van der Waals surface area contributed by atoms with Crippen molar-refractivity contribution in [2.75, 3.05) is 30.3 Å². The molecule has 2 aliphatic carbocycles. The quantitative estimate of drug-likeness (QED) is 0.111. The molecule has 3 fully saturated rings. The van der Waals surface area contributed by atoms with Crippen LogP contribution in [0.3, 0.4) is 0 Å². The molecule has 1 atom stereocenters. The second-order valence-electron chi connectivity index (χ2n) is 17.6. The van der Waals surface area contributed by atoms with E-state index in [1.54, 1.807) is 12.3 Å². The summed E-state index contributed by atoms with van der Waals surface area (Å²) < 4.78 is 30.1. The number of aromatic nitrogens is 5. The maximum atomic E-state index is 14.1. The van der Waals surface area contributed by atoms with E-state index in [2.05, 4.69) is 42.3 Å². The van der Waals surface area contributed by atoms with E-state index in [0.717, 1.165) is 105 Å². The summed E-state index contributed by atoms with van der Waals surface area (Å²) >= 11 is 7.06. The van der Waals surface area contributed by atoms with Crippen LogP contribution in [0.4, 0.5) is 26.0 Å². The van der Waals surface area contributed by atoms with Gasteiger partial charge in [0.1, 0.15) is 5.52 Å². The predicted octanol–water partition coefficient (Wildman–Crippen LogP) is 9.09. The van der Waals surface area contributed by atoms with E-state index < -0.39 is 23.6 Å². The van der Waals surface area contributed by atoms with Crippen LogP contribution in [-0.2, 0) is 31.4 Å². The second kappa shape index (κ2) is 15.8. The molecule has 0 radical (unpaired) electrons. The molecule has 12 nitrogen and oxygen atoms in total. The summed E-state index contributed by atoms with van der Waals surface area (Å²) in [6.07, 6.45) is 7.23. The number of carboxylic acid groups (broad SMARTS) is 1. The molecule has 3 aromatic heterocycles. The summed E-state index contributed by atoms with van der Waals surface area (Å²) in [4.78, 5) is 48.4. The van der Waals surface area contributed by atoms with E-state index in [4.69, 9.17) is 16.6 Å². The first-order valence-corrected chi connectivity index (χ1v) is 21.4. The highest BCUT2D eigenvalue weighted by Crippen LogP contribution is 2.63. The van der Waals surface area contributed by atoms with E-state index in [9.17, 15) is 23.5 Å². The number of nitrogens with one attached hydrogen (secondary N) is 2. The van der Waals surface area contributed by atoms with Gasteiger partial charge in [0.05, 0.1) is 27.3 Å². The number of carboxylic acids is 1. The predicted molar refractivity (Wildman–Crippen MR) is 227 cm³/mol. The second-order valence-corrected chi connectivity index (χ2v) is 17.9. The van der Waals surface area contributed by atoms with Crippen LogP contribution in [0.15, 0.2) is 48.7 Å². The number of imidazole rings is 1. The van der Waals surface area contributed by atoms with Gasteiger partial charge < -0.3 is 20.3 Å². The molecule has 5 heterocycles. The fourth-order valence-corrected chi connectivity index (χ4v) is 10.6. The Kier molecular flexibility index (Phi) is 10.6. The minimum atomic E-state index is -2.87. The number of hydrogen-bond acceptors (Lipinski definition) is 9. The molecule has 2 saturated carbocycles. The zero-order valence-corrected chi connectivity index (χ0v) is 35.0. The maximum absolute atomic E-state index is 14.1. The molecule has 0 spiro atoms. The lowest BCUT2D eigenvalue weighted by Gasteiger charge is -2.32. The maximum Gasteiger partial charge on any atom is 0.309 e. The third kappa shape index (κ3) is 7.40. The molecule has 1 amide bonds. The SMILES string of the molecule is Cc1c(Nc2nc(C(F)F)nc3cc(CN4CCC[C@H]4C)cnc23)cccc1-c1cccc(NC(=O)c2nc3c(n2C)CCN(CCC24CCC(C(=O)O)(CC2)C4)C3)c1Cl. The first-order chi connectivity index (χ1) is 28.8. The molecule has 4 aliphatic rings. The van der Waals surface area contributed by atoms with Gasteiger partial charge in [-0.1, -0.05) is 35.9 Å². The van der Waals surface area contributed by atoms with E-state index in [-0.39, 0.29) is 17.1 Å². The van der Waals surface area contributed by atoms with Crippen molar-refractivity contribution < 1.29 is 23.5 Å². The number of amides is 1. The van der Waals surface area contributed by atoms with Crippen LogP contribution in [0.2, 0.25) is 5.02 Å². The number of nitrogens with zero attached hydrogens (tertiary/aromatic N) is 7. The molecule has 0 unspecified atom stereocenters. The van der Waals surface area contributed by atoms with Gasteiger partial charge in [-0.2, -0.15) is 0 Å². The summed E-state index contributed by atoms with van der Waals surface area (Å²) in [7, 11) is 1.87. The number of anilines is 3. The van der Waals surface area contributed by atoms with Crippen LogP contribution in [0.5, 0.6) is 0 Å². The number of rotatable bonds is 12. The normalized spacial score (nSPS) is 22.8. The van der Waals surface area contributed by atoms with Gasteiger partial charge in [0, 0.05) is 62.3 Å². The summed E-state index contributed by atoms with van der Waals surface area (Å²) in [6, 6.07) is 13.3. The number of benzene rings is 2. The highest BCUT2D eigenvalue weighted by atomic mass is 35.5. The van der Waals surface area contributed by atoms with Crippen molar-refractivity contribution in [3.8, 4) is 11.1 Å². The summed E-state index contributed by atoms with van der Waals surface area (Å²) in [5.41, 5.74) is 6.46. The van der Waals surface area contributed by atoms with Crippen molar-refractivity contribution in [3.05, 3.63) is 87.8 Å². The first kappa shape index (κ1) is 40.4. The minimum Gasteiger partial charge on any atom is -0.481 e. The van der Waals surface area contributed by atoms with E-state index in [1.807, 2.05) is 54.9 Å². The number of fused-ring (bicyclic) bond motifs is 4. The molecule has 2 bridgehead atoms. The van der Waals surface area contributed by atoms with Gasteiger partial charge in [-0.05, 0) is 119 Å². The van der Waals surface area contributed by atoms with E-state index in [1.165, 1.54) is 0 Å². The van der Waals surface area contributed by atoms with Gasteiger partial charge in [0.2, 0.25) is 0 Å². The topological polar surface area (TPSA) is 141 Å². The number of aliphatic carboxylic acids is 1. The lowest BCUT2D eigenvalue weighted by atomic mass is 9.80. The van der Waals surface area contributed by atoms with Gasteiger partial charge in [-0.15, -0.1) is 0 Å². The van der Waals surface area contributed by atoms with E-state index in [0.29, 0.717) is 58.0 Å². The third-order valence-corrected chi connectivity index (χ3v) is 14.3. The van der Waals surface area contributed by atoms with Crippen molar-refractivity contribution in [2.24, 2.45) is 17.9 Å². The largest absolute Gasteiger partial charge is 0.481 e. The molecule has 314 valence electrons. The van der Waals surface area contributed by atoms with Crippen molar-refractivity contribution in [2.45, 2.75) is 97.2 Å². The number of carbonyl (C=O) groups is 2. The number of halogens is 3. The molecule has 1 saturated heterocycles. The molecule has 9 rings (SSSR count). The molecule has 60 heavy (non-hydrogen) atoms. The Morgan fingerprint density at radius 1 is 1.03 bits per heavy atom. The van der Waals surface area contributed by atoms with Crippen molar-refractivity contribution in [3.63, 3.8) is 0 Å². The minimum absolute atomic E-state index is 0.123. The van der Waals surface area contributed by atoms with Gasteiger partial charge in [-0.25, -0.2) is 23.7 Å². The van der Waals surface area contributed by atoms with Crippen LogP contribution in [0, 0.1) is 17.8 Å². The molecule has 2 aromatic carbocycles. The molecular weight excluding hydrogens is 788 g/mol. The Morgan fingerprint density at radius 2 is 1.80 bits per heavy atom. The van der Waals surface area contributed by atoms with Gasteiger partial charge >= 0.3 is 5.97 Å². The molecular formula is C45H50ClF2N9O3. The number of pyridine rings is 1. The average Bonchev–Trinajstić information content (AvgIpc) is 4.01. The Hall–Kier alpha value is -5.05. The monoisotopic (exact) mass is 837 g/mol. The molecule has 2 aliphatic heterocycles. The number of alkyl halides is 2. The Morgan fingerprint density at radius 3 is 2.52 bits per heavy atom. The number of carbonyl (C=O) groups excluding carboxylic acids is 1. The number of likely N-dealkylation sites (tertiary alicyclic amines) is 1. The summed E-state index contributed by atoms with van der Waals surface area (Å²) in [6.45, 7) is 8.14. The van der Waals surface area contributed by atoms with Crippen LogP contribution >= 0.6 is 11.6 Å². The first-order valence-electron chi connectivity index (χ1n) is 21.0. The average molecular weight is 838 g/mol. The molecule has 3 N–H and O–H groups in total. The van der Waals surface area contributed by atoms with Crippen molar-refractivity contribution in [1.82, 2.24) is 34.3 Å². The Labute approximate surface area is 352 Å². The smallest absolute Gasteiger partial charge is 0.309 e. The molecule has 15 heteroatoms. The van der Waals surface area contributed by atoms with Gasteiger partial charge in [0.15, 0.2) is 17.5 Å². The summed E-state index contributed by atoms with van der Waals surface area (Å²) in [5, 5.41) is 16.5. The Balaban J connectivity index is 0.910.